The first kappa shape index (κ1) is 12.0. The molecule has 1 saturated heterocycles. The van der Waals surface area contributed by atoms with Gasteiger partial charge in [0, 0.05) is 33.3 Å². The average molecular weight is 211 g/mol. The zero-order valence-electron chi connectivity index (χ0n) is 9.03. The summed E-state index contributed by atoms with van der Waals surface area (Å²) in [5.74, 6) is 0.238. The zero-order valence-corrected chi connectivity index (χ0v) is 9.03. The Labute approximate surface area is 90.0 Å². The number of nitriles is 1. The average Bonchev–Trinajstić information content (AvgIpc) is 2.15. The Hall–Kier alpha value is -1.12. The molecule has 15 heavy (non-hydrogen) atoms. The van der Waals surface area contributed by atoms with E-state index in [0.29, 0.717) is 26.1 Å². The predicted octanol–water partition coefficient (Wildman–Crippen LogP) is -0.406. The van der Waals surface area contributed by atoms with Crippen LogP contribution in [0.5, 0.6) is 0 Å². The van der Waals surface area contributed by atoms with E-state index in [2.05, 4.69) is 11.4 Å². The van der Waals surface area contributed by atoms with E-state index >= 15 is 0 Å². The molecule has 0 saturated carbocycles. The number of nitrogens with one attached hydrogen (secondary N) is 1. The molecule has 0 aromatic rings. The fourth-order valence-corrected chi connectivity index (χ4v) is 1.44. The highest BCUT2D eigenvalue weighted by Gasteiger charge is 2.28. The number of hydrogen-bond acceptors (Lipinski definition) is 4. The van der Waals surface area contributed by atoms with Gasteiger partial charge in [-0.2, -0.15) is 5.26 Å². The maximum Gasteiger partial charge on any atom is 0.228 e. The maximum absolute atomic E-state index is 11.9. The largest absolute Gasteiger partial charge is 0.383 e. The zero-order chi connectivity index (χ0) is 11.1. The molecule has 1 aliphatic heterocycles. The van der Waals surface area contributed by atoms with Crippen molar-refractivity contribution in [2.45, 2.75) is 6.42 Å². The second kappa shape index (κ2) is 6.38. The van der Waals surface area contributed by atoms with Crippen LogP contribution in [0.3, 0.4) is 0 Å². The van der Waals surface area contributed by atoms with Crippen LogP contribution in [0.15, 0.2) is 0 Å². The second-order valence-electron chi connectivity index (χ2n) is 3.58. The van der Waals surface area contributed by atoms with Crippen molar-refractivity contribution >= 4 is 5.91 Å². The van der Waals surface area contributed by atoms with Crippen LogP contribution in [0.2, 0.25) is 0 Å². The highest BCUT2D eigenvalue weighted by molar-refractivity contribution is 5.80. The van der Waals surface area contributed by atoms with Gasteiger partial charge in [-0.25, -0.2) is 0 Å². The summed E-state index contributed by atoms with van der Waals surface area (Å²) in [5.41, 5.74) is 0. The van der Waals surface area contributed by atoms with Gasteiger partial charge in [0.05, 0.1) is 25.0 Å². The molecule has 0 aromatic carbocycles. The van der Waals surface area contributed by atoms with Crippen molar-refractivity contribution in [3.8, 4) is 6.07 Å². The Bertz CT molecular complexity index is 246. The first-order chi connectivity index (χ1) is 7.29. The summed E-state index contributed by atoms with van der Waals surface area (Å²) in [6.45, 7) is 3.13. The number of rotatable bonds is 6. The second-order valence-corrected chi connectivity index (χ2v) is 3.58. The Balaban J connectivity index is 2.38. The SMILES string of the molecule is COCCN(CCC#N)C(=O)C1CNC1. The van der Waals surface area contributed by atoms with Gasteiger partial charge in [-0.3, -0.25) is 4.79 Å². The number of carbonyl (C=O) groups is 1. The topological polar surface area (TPSA) is 65.4 Å². The van der Waals surface area contributed by atoms with E-state index in [1.807, 2.05) is 0 Å². The van der Waals surface area contributed by atoms with E-state index in [1.165, 1.54) is 0 Å². The lowest BCUT2D eigenvalue weighted by Crippen LogP contribution is -2.52. The Kier molecular flexibility index (Phi) is 5.08. The smallest absolute Gasteiger partial charge is 0.228 e. The van der Waals surface area contributed by atoms with Crippen molar-refractivity contribution < 1.29 is 9.53 Å². The van der Waals surface area contributed by atoms with E-state index in [-0.39, 0.29) is 11.8 Å². The molecule has 1 fully saturated rings. The van der Waals surface area contributed by atoms with Gasteiger partial charge in [0.25, 0.3) is 0 Å². The lowest BCUT2D eigenvalue weighted by molar-refractivity contribution is -0.137. The molecule has 0 spiro atoms. The van der Waals surface area contributed by atoms with Gasteiger partial charge >= 0.3 is 0 Å². The van der Waals surface area contributed by atoms with Crippen molar-refractivity contribution in [1.82, 2.24) is 10.2 Å². The molecule has 0 radical (unpaired) electrons. The summed E-state index contributed by atoms with van der Waals surface area (Å²) < 4.78 is 4.94. The fourth-order valence-electron chi connectivity index (χ4n) is 1.44. The van der Waals surface area contributed by atoms with E-state index in [9.17, 15) is 4.79 Å². The van der Waals surface area contributed by atoms with Gasteiger partial charge in [-0.15, -0.1) is 0 Å². The van der Waals surface area contributed by atoms with Crippen molar-refractivity contribution in [2.24, 2.45) is 5.92 Å². The normalized spacial score (nSPS) is 15.5. The number of hydrogen-bond donors (Lipinski definition) is 1. The van der Waals surface area contributed by atoms with Crippen LogP contribution >= 0.6 is 0 Å². The number of amides is 1. The van der Waals surface area contributed by atoms with E-state index < -0.39 is 0 Å². The standard InChI is InChI=1S/C10H17N3O2/c1-15-6-5-13(4-2-3-11)10(14)9-7-12-8-9/h9,12H,2,4-8H2,1H3. The predicted molar refractivity (Wildman–Crippen MR) is 55.0 cm³/mol. The number of carbonyl (C=O) groups excluding carboxylic acids is 1. The molecule has 0 aromatic heterocycles. The molecule has 0 atom stereocenters. The summed E-state index contributed by atoms with van der Waals surface area (Å²) in [6.07, 6.45) is 0.385. The van der Waals surface area contributed by atoms with E-state index in [0.717, 1.165) is 13.1 Å². The molecule has 1 aliphatic rings. The van der Waals surface area contributed by atoms with Gasteiger partial charge in [0.1, 0.15) is 0 Å². The lowest BCUT2D eigenvalue weighted by atomic mass is 10.0. The summed E-state index contributed by atoms with van der Waals surface area (Å²) in [7, 11) is 1.61. The molecule has 1 N–H and O–H groups in total. The molecule has 5 nitrogen and oxygen atoms in total. The molecular weight excluding hydrogens is 194 g/mol. The number of nitrogens with zero attached hydrogens (tertiary/aromatic N) is 2. The van der Waals surface area contributed by atoms with Crippen molar-refractivity contribution in [3.63, 3.8) is 0 Å². The Morgan fingerprint density at radius 1 is 1.60 bits per heavy atom. The molecule has 1 rings (SSSR count). The van der Waals surface area contributed by atoms with Crippen LogP contribution in [0, 0.1) is 17.2 Å². The minimum Gasteiger partial charge on any atom is -0.383 e. The van der Waals surface area contributed by atoms with Gasteiger partial charge in [-0.05, 0) is 0 Å². The number of methoxy groups -OCH3 is 1. The maximum atomic E-state index is 11.9. The van der Waals surface area contributed by atoms with Gasteiger partial charge in [0.2, 0.25) is 5.91 Å². The molecular formula is C10H17N3O2. The van der Waals surface area contributed by atoms with Gasteiger partial charge in [-0.1, -0.05) is 0 Å². The first-order valence-corrected chi connectivity index (χ1v) is 5.15. The van der Waals surface area contributed by atoms with Crippen molar-refractivity contribution in [1.29, 1.82) is 5.26 Å². The monoisotopic (exact) mass is 211 g/mol. The molecule has 0 bridgehead atoms. The first-order valence-electron chi connectivity index (χ1n) is 5.15. The third kappa shape index (κ3) is 3.50. The van der Waals surface area contributed by atoms with Crippen LogP contribution in [0.25, 0.3) is 0 Å². The van der Waals surface area contributed by atoms with Crippen molar-refractivity contribution in [2.75, 3.05) is 39.9 Å². The summed E-state index contributed by atoms with van der Waals surface area (Å²) in [4.78, 5) is 13.6. The third-order valence-electron chi connectivity index (χ3n) is 2.50. The highest BCUT2D eigenvalue weighted by Crippen LogP contribution is 2.08. The summed E-state index contributed by atoms with van der Waals surface area (Å²) in [5, 5.41) is 11.6. The van der Waals surface area contributed by atoms with Crippen LogP contribution in [0.4, 0.5) is 0 Å². The van der Waals surface area contributed by atoms with Crippen LogP contribution < -0.4 is 5.32 Å². The highest BCUT2D eigenvalue weighted by atomic mass is 16.5. The molecule has 1 heterocycles. The summed E-state index contributed by atoms with van der Waals surface area (Å²) in [6, 6.07) is 2.05. The third-order valence-corrected chi connectivity index (χ3v) is 2.50. The van der Waals surface area contributed by atoms with E-state index in [1.54, 1.807) is 12.0 Å². The minimum atomic E-state index is 0.0977. The molecule has 5 heteroatoms. The molecule has 0 aliphatic carbocycles. The van der Waals surface area contributed by atoms with E-state index in [4.69, 9.17) is 10.00 Å². The Morgan fingerprint density at radius 2 is 2.33 bits per heavy atom. The summed E-state index contributed by atoms with van der Waals surface area (Å²) >= 11 is 0. The minimum absolute atomic E-state index is 0.0977. The van der Waals surface area contributed by atoms with Gasteiger partial charge < -0.3 is 15.0 Å². The lowest BCUT2D eigenvalue weighted by Gasteiger charge is -2.32. The molecule has 0 unspecified atom stereocenters. The molecule has 1 amide bonds. The molecule has 84 valence electrons. The van der Waals surface area contributed by atoms with Crippen molar-refractivity contribution in [3.05, 3.63) is 0 Å². The van der Waals surface area contributed by atoms with Crippen LogP contribution in [0.1, 0.15) is 6.42 Å². The Morgan fingerprint density at radius 3 is 2.80 bits per heavy atom. The quantitative estimate of drug-likeness (QED) is 0.649. The van der Waals surface area contributed by atoms with Crippen LogP contribution in [-0.2, 0) is 9.53 Å². The van der Waals surface area contributed by atoms with Gasteiger partial charge in [0.15, 0.2) is 0 Å². The van der Waals surface area contributed by atoms with Crippen LogP contribution in [-0.4, -0.2) is 50.7 Å². The number of ether oxygens (including phenoxy) is 1. The fraction of sp³-hybridized carbons (Fsp3) is 0.800.